The van der Waals surface area contributed by atoms with Crippen molar-refractivity contribution >= 4 is 11.8 Å². The lowest BCUT2D eigenvalue weighted by molar-refractivity contribution is 0.447. The highest BCUT2D eigenvalue weighted by molar-refractivity contribution is 8.00. The third-order valence-electron chi connectivity index (χ3n) is 4.78. The monoisotopic (exact) mass is 316 g/mol. The van der Waals surface area contributed by atoms with Gasteiger partial charge in [0, 0.05) is 9.64 Å². The second kappa shape index (κ2) is 7.73. The quantitative estimate of drug-likeness (QED) is 0.458. The molecule has 0 unspecified atom stereocenters. The molecule has 1 aromatic carbocycles. The van der Waals surface area contributed by atoms with Crippen molar-refractivity contribution in [1.82, 2.24) is 0 Å². The van der Waals surface area contributed by atoms with Crippen molar-refractivity contribution in [2.45, 2.75) is 87.7 Å². The Morgan fingerprint density at radius 1 is 0.773 bits per heavy atom. The molecule has 1 heteroatoms. The molecule has 0 N–H and O–H groups in total. The van der Waals surface area contributed by atoms with Gasteiger partial charge in [-0.3, -0.25) is 0 Å². The predicted octanol–water partition coefficient (Wildman–Crippen LogP) is 7.14. The SMILES string of the molecule is CC1(C)CC/C=C\CCCCCC(C)(C)c2ccc(cc2)S1. The summed E-state index contributed by atoms with van der Waals surface area (Å²) in [5, 5.41) is 0. The van der Waals surface area contributed by atoms with E-state index < -0.39 is 0 Å². The molecule has 3 rings (SSSR count). The van der Waals surface area contributed by atoms with Gasteiger partial charge in [-0.15, -0.1) is 11.8 Å². The lowest BCUT2D eigenvalue weighted by Crippen LogP contribution is -2.17. The summed E-state index contributed by atoms with van der Waals surface area (Å²) in [6.07, 6.45) is 13.8. The normalized spacial score (nSPS) is 24.0. The van der Waals surface area contributed by atoms with Crippen molar-refractivity contribution in [3.05, 3.63) is 42.0 Å². The van der Waals surface area contributed by atoms with Crippen molar-refractivity contribution in [1.29, 1.82) is 0 Å². The van der Waals surface area contributed by atoms with Crippen molar-refractivity contribution in [3.8, 4) is 0 Å². The molecular formula is C21H32S. The number of hydrogen-bond donors (Lipinski definition) is 0. The summed E-state index contributed by atoms with van der Waals surface area (Å²) in [7, 11) is 0. The Labute approximate surface area is 141 Å². The fraction of sp³-hybridized carbons (Fsp3) is 0.619. The van der Waals surface area contributed by atoms with Crippen LogP contribution in [0.1, 0.15) is 78.2 Å². The van der Waals surface area contributed by atoms with E-state index >= 15 is 0 Å². The van der Waals surface area contributed by atoms with Gasteiger partial charge in [0.15, 0.2) is 0 Å². The first-order chi connectivity index (χ1) is 10.4. The fourth-order valence-electron chi connectivity index (χ4n) is 3.16. The molecule has 0 saturated heterocycles. The van der Waals surface area contributed by atoms with Crippen LogP contribution < -0.4 is 0 Å². The average Bonchev–Trinajstić information content (AvgIpc) is 2.44. The van der Waals surface area contributed by atoms with Crippen molar-refractivity contribution in [2.24, 2.45) is 0 Å². The van der Waals surface area contributed by atoms with Gasteiger partial charge in [0.05, 0.1) is 0 Å². The lowest BCUT2D eigenvalue weighted by Gasteiger charge is -2.27. The first kappa shape index (κ1) is 17.7. The Kier molecular flexibility index (Phi) is 6.20. The minimum atomic E-state index is 0.297. The maximum absolute atomic E-state index is 2.39. The first-order valence-electron chi connectivity index (χ1n) is 8.84. The maximum Gasteiger partial charge on any atom is 0.0153 e. The lowest BCUT2D eigenvalue weighted by atomic mass is 9.80. The van der Waals surface area contributed by atoms with Gasteiger partial charge in [-0.05, 0) is 55.2 Å². The minimum Gasteiger partial charge on any atom is -0.120 e. The largest absolute Gasteiger partial charge is 0.120 e. The molecule has 0 aliphatic carbocycles. The van der Waals surface area contributed by atoms with Crippen LogP contribution in [0.5, 0.6) is 0 Å². The van der Waals surface area contributed by atoms with Crippen LogP contribution in [-0.4, -0.2) is 4.75 Å². The molecule has 2 aliphatic heterocycles. The van der Waals surface area contributed by atoms with Gasteiger partial charge in [-0.25, -0.2) is 0 Å². The number of benzene rings is 1. The molecular weight excluding hydrogens is 284 g/mol. The second-order valence-corrected chi connectivity index (χ2v) is 9.66. The molecule has 2 heterocycles. The standard InChI is InChI=1S/C21H32S/c1-20(2)16-10-8-6-5-7-9-11-17-21(3,4)22-19-14-12-18(20)13-15-19/h7,9,12-15H,5-6,8,10-11,16-17H2,1-4H3/b9-7-. The average molecular weight is 317 g/mol. The molecule has 0 fully saturated rings. The van der Waals surface area contributed by atoms with Crippen LogP contribution in [0, 0.1) is 0 Å². The van der Waals surface area contributed by atoms with Crippen LogP contribution in [0.2, 0.25) is 0 Å². The van der Waals surface area contributed by atoms with Crippen molar-refractivity contribution in [3.63, 3.8) is 0 Å². The summed E-state index contributed by atoms with van der Waals surface area (Å²) in [5.41, 5.74) is 1.78. The van der Waals surface area contributed by atoms with Gasteiger partial charge in [0.25, 0.3) is 0 Å². The molecule has 1 aromatic rings. The van der Waals surface area contributed by atoms with Gasteiger partial charge in [0.2, 0.25) is 0 Å². The zero-order chi connectivity index (χ0) is 16.1. The van der Waals surface area contributed by atoms with Crippen molar-refractivity contribution in [2.75, 3.05) is 0 Å². The number of allylic oxidation sites excluding steroid dienone is 2. The Bertz CT molecular complexity index is 479. The molecule has 0 amide bonds. The van der Waals surface area contributed by atoms with Crippen LogP contribution in [0.4, 0.5) is 0 Å². The Morgan fingerprint density at radius 2 is 1.45 bits per heavy atom. The highest BCUT2D eigenvalue weighted by Gasteiger charge is 2.22. The van der Waals surface area contributed by atoms with Crippen LogP contribution >= 0.6 is 11.8 Å². The van der Waals surface area contributed by atoms with E-state index in [2.05, 4.69) is 64.1 Å². The van der Waals surface area contributed by atoms with Crippen LogP contribution in [0.25, 0.3) is 0 Å². The summed E-state index contributed by atoms with van der Waals surface area (Å²) in [6, 6.07) is 9.35. The van der Waals surface area contributed by atoms with Crippen molar-refractivity contribution < 1.29 is 0 Å². The molecule has 0 saturated carbocycles. The zero-order valence-electron chi connectivity index (χ0n) is 14.8. The van der Waals surface area contributed by atoms with E-state index in [-0.39, 0.29) is 0 Å². The highest BCUT2D eigenvalue weighted by Crippen LogP contribution is 2.37. The molecule has 2 bridgehead atoms. The fourth-order valence-corrected chi connectivity index (χ4v) is 4.29. The molecule has 122 valence electrons. The molecule has 0 aromatic heterocycles. The van der Waals surface area contributed by atoms with Crippen LogP contribution in [0.3, 0.4) is 0 Å². The molecule has 22 heavy (non-hydrogen) atoms. The van der Waals surface area contributed by atoms with E-state index in [4.69, 9.17) is 0 Å². The zero-order valence-corrected chi connectivity index (χ0v) is 15.6. The summed E-state index contributed by atoms with van der Waals surface area (Å²) in [6.45, 7) is 9.52. The van der Waals surface area contributed by atoms with Gasteiger partial charge in [-0.1, -0.05) is 64.8 Å². The summed E-state index contributed by atoms with van der Waals surface area (Å²) in [5.74, 6) is 0. The Morgan fingerprint density at radius 3 is 2.18 bits per heavy atom. The smallest absolute Gasteiger partial charge is 0.0153 e. The molecule has 0 radical (unpaired) electrons. The third-order valence-corrected chi connectivity index (χ3v) is 6.05. The molecule has 0 spiro atoms. The number of thioether (sulfide) groups is 1. The van der Waals surface area contributed by atoms with Gasteiger partial charge >= 0.3 is 0 Å². The van der Waals surface area contributed by atoms with Gasteiger partial charge in [-0.2, -0.15) is 0 Å². The summed E-state index contributed by atoms with van der Waals surface area (Å²) < 4.78 is 0.304. The maximum atomic E-state index is 2.39. The van der Waals surface area contributed by atoms with E-state index in [1.807, 2.05) is 11.8 Å². The molecule has 0 atom stereocenters. The van der Waals surface area contributed by atoms with E-state index in [1.54, 1.807) is 0 Å². The van der Waals surface area contributed by atoms with Crippen LogP contribution in [0.15, 0.2) is 41.3 Å². The van der Waals surface area contributed by atoms with E-state index in [9.17, 15) is 0 Å². The van der Waals surface area contributed by atoms with E-state index in [1.165, 1.54) is 55.4 Å². The topological polar surface area (TPSA) is 0 Å². The van der Waals surface area contributed by atoms with E-state index in [0.29, 0.717) is 10.2 Å². The first-order valence-corrected chi connectivity index (χ1v) is 9.65. The molecule has 2 aliphatic rings. The summed E-state index contributed by atoms with van der Waals surface area (Å²) >= 11 is 2.02. The third kappa shape index (κ3) is 5.50. The number of fused-ring (bicyclic) bond motifs is 12. The minimum absolute atomic E-state index is 0.297. The van der Waals surface area contributed by atoms with Gasteiger partial charge in [0.1, 0.15) is 0 Å². The molecule has 0 nitrogen and oxygen atoms in total. The van der Waals surface area contributed by atoms with E-state index in [0.717, 1.165) is 0 Å². The number of hydrogen-bond acceptors (Lipinski definition) is 1. The highest BCUT2D eigenvalue weighted by atomic mass is 32.2. The predicted molar refractivity (Wildman–Crippen MR) is 101 cm³/mol. The number of rotatable bonds is 0. The Balaban J connectivity index is 2.16. The second-order valence-electron chi connectivity index (χ2n) is 7.88. The summed E-state index contributed by atoms with van der Waals surface area (Å²) in [4.78, 5) is 1.40. The van der Waals surface area contributed by atoms with Gasteiger partial charge < -0.3 is 0 Å². The Hall–Kier alpha value is -0.690. The van der Waals surface area contributed by atoms with Crippen LogP contribution in [-0.2, 0) is 5.41 Å².